The van der Waals surface area contributed by atoms with Crippen molar-refractivity contribution in [1.29, 1.82) is 0 Å². The Kier molecular flexibility index (Phi) is 4.70. The van der Waals surface area contributed by atoms with Gasteiger partial charge in [-0.25, -0.2) is 4.39 Å². The van der Waals surface area contributed by atoms with Gasteiger partial charge in [-0.2, -0.15) is 0 Å². The van der Waals surface area contributed by atoms with E-state index in [0.717, 1.165) is 11.1 Å². The summed E-state index contributed by atoms with van der Waals surface area (Å²) in [5.41, 5.74) is 1.88. The first kappa shape index (κ1) is 14.3. The van der Waals surface area contributed by atoms with E-state index in [2.05, 4.69) is 31.9 Å². The third-order valence-electron chi connectivity index (χ3n) is 2.47. The van der Waals surface area contributed by atoms with E-state index >= 15 is 0 Å². The molecule has 0 radical (unpaired) electrons. The first-order chi connectivity index (χ1) is 8.49. The Morgan fingerprint density at radius 3 is 2.33 bits per heavy atom. The van der Waals surface area contributed by atoms with Crippen molar-refractivity contribution in [2.45, 2.75) is 4.83 Å². The predicted molar refractivity (Wildman–Crippen MR) is 81.3 cm³/mol. The van der Waals surface area contributed by atoms with Crippen molar-refractivity contribution in [2.24, 2.45) is 0 Å². The number of alkyl halides is 1. The molecule has 0 aliphatic rings. The molecule has 2 aromatic carbocycles. The lowest BCUT2D eigenvalue weighted by Gasteiger charge is -2.13. The van der Waals surface area contributed by atoms with Crippen LogP contribution in [-0.2, 0) is 0 Å². The van der Waals surface area contributed by atoms with Crippen LogP contribution in [0.2, 0.25) is 10.0 Å². The second kappa shape index (κ2) is 5.91. The molecule has 5 heteroatoms. The summed E-state index contributed by atoms with van der Waals surface area (Å²) >= 11 is 18.8. The van der Waals surface area contributed by atoms with Crippen molar-refractivity contribution in [3.05, 3.63) is 67.9 Å². The third-order valence-corrected chi connectivity index (χ3v) is 4.92. The minimum atomic E-state index is -0.278. The van der Waals surface area contributed by atoms with Gasteiger partial charge in [-0.1, -0.05) is 67.2 Å². The average Bonchev–Trinajstić information content (AvgIpc) is 2.32. The van der Waals surface area contributed by atoms with E-state index in [-0.39, 0.29) is 10.6 Å². The van der Waals surface area contributed by atoms with Crippen LogP contribution >= 0.6 is 55.1 Å². The van der Waals surface area contributed by atoms with Gasteiger partial charge in [0, 0.05) is 4.47 Å². The van der Waals surface area contributed by atoms with Crippen LogP contribution < -0.4 is 0 Å². The SMILES string of the molecule is Fc1ccc(C(Br)c2ccc(Cl)c(Cl)c2)c(Br)c1. The fourth-order valence-corrected chi connectivity index (χ4v) is 3.43. The fourth-order valence-electron chi connectivity index (χ4n) is 1.56. The molecular weight excluding hydrogens is 406 g/mol. The first-order valence-corrected chi connectivity index (χ1v) is 7.49. The Balaban J connectivity index is 2.41. The maximum Gasteiger partial charge on any atom is 0.124 e. The van der Waals surface area contributed by atoms with Gasteiger partial charge in [0.1, 0.15) is 5.82 Å². The minimum Gasteiger partial charge on any atom is -0.207 e. The summed E-state index contributed by atoms with van der Waals surface area (Å²) in [7, 11) is 0. The Labute approximate surface area is 131 Å². The van der Waals surface area contributed by atoms with E-state index in [9.17, 15) is 4.39 Å². The van der Waals surface area contributed by atoms with Crippen molar-refractivity contribution in [2.75, 3.05) is 0 Å². The lowest BCUT2D eigenvalue weighted by atomic mass is 10.0. The first-order valence-electron chi connectivity index (χ1n) is 5.03. The van der Waals surface area contributed by atoms with E-state index in [1.165, 1.54) is 12.1 Å². The quantitative estimate of drug-likeness (QED) is 0.502. The fraction of sp³-hybridized carbons (Fsp3) is 0.0769. The van der Waals surface area contributed by atoms with Crippen molar-refractivity contribution in [3.8, 4) is 0 Å². The highest BCUT2D eigenvalue weighted by Crippen LogP contribution is 2.37. The maximum atomic E-state index is 13.0. The highest BCUT2D eigenvalue weighted by molar-refractivity contribution is 9.11. The third kappa shape index (κ3) is 3.08. The zero-order valence-electron chi connectivity index (χ0n) is 8.93. The molecule has 0 heterocycles. The molecule has 0 aliphatic carbocycles. The van der Waals surface area contributed by atoms with Crippen LogP contribution in [0.15, 0.2) is 40.9 Å². The van der Waals surface area contributed by atoms with Gasteiger partial charge < -0.3 is 0 Å². The predicted octanol–water partition coefficient (Wildman–Crippen LogP) is 6.38. The molecule has 0 fully saturated rings. The molecular formula is C13H7Br2Cl2F. The van der Waals surface area contributed by atoms with Gasteiger partial charge in [-0.15, -0.1) is 0 Å². The van der Waals surface area contributed by atoms with Crippen molar-refractivity contribution in [3.63, 3.8) is 0 Å². The highest BCUT2D eigenvalue weighted by Gasteiger charge is 2.15. The zero-order chi connectivity index (χ0) is 13.3. The Morgan fingerprint density at radius 1 is 1.00 bits per heavy atom. The summed E-state index contributed by atoms with van der Waals surface area (Å²) in [6.45, 7) is 0. The molecule has 2 aromatic rings. The molecule has 0 saturated heterocycles. The Hall–Kier alpha value is -0.0900. The zero-order valence-corrected chi connectivity index (χ0v) is 13.6. The molecule has 94 valence electrons. The summed E-state index contributed by atoms with van der Waals surface area (Å²) in [5, 5.41) is 1.01. The molecule has 0 spiro atoms. The van der Waals surface area contributed by atoms with Gasteiger partial charge in [-0.05, 0) is 35.4 Å². The van der Waals surface area contributed by atoms with E-state index in [1.807, 2.05) is 6.07 Å². The van der Waals surface area contributed by atoms with Crippen LogP contribution in [0.3, 0.4) is 0 Å². The van der Waals surface area contributed by atoms with Crippen LogP contribution in [0.4, 0.5) is 4.39 Å². The average molecular weight is 413 g/mol. The largest absolute Gasteiger partial charge is 0.207 e. The van der Waals surface area contributed by atoms with Gasteiger partial charge in [0.25, 0.3) is 0 Å². The monoisotopic (exact) mass is 410 g/mol. The summed E-state index contributed by atoms with van der Waals surface area (Å²) in [4.78, 5) is -0.0813. The standard InChI is InChI=1S/C13H7Br2Cl2F/c14-10-6-8(18)2-3-9(10)13(15)7-1-4-11(16)12(17)5-7/h1-6,13H. The lowest BCUT2D eigenvalue weighted by molar-refractivity contribution is 0.626. The van der Waals surface area contributed by atoms with Crippen LogP contribution in [-0.4, -0.2) is 0 Å². The smallest absolute Gasteiger partial charge is 0.124 e. The summed E-state index contributed by atoms with van der Waals surface area (Å²) in [6.07, 6.45) is 0. The van der Waals surface area contributed by atoms with E-state index < -0.39 is 0 Å². The number of benzene rings is 2. The Bertz CT molecular complexity index is 587. The molecule has 2 rings (SSSR count). The lowest BCUT2D eigenvalue weighted by Crippen LogP contribution is -1.95. The van der Waals surface area contributed by atoms with E-state index in [4.69, 9.17) is 23.2 Å². The van der Waals surface area contributed by atoms with E-state index in [0.29, 0.717) is 14.5 Å². The number of hydrogen-bond acceptors (Lipinski definition) is 0. The van der Waals surface area contributed by atoms with E-state index in [1.54, 1.807) is 18.2 Å². The maximum absolute atomic E-state index is 13.0. The molecule has 0 bridgehead atoms. The Morgan fingerprint density at radius 2 is 1.72 bits per heavy atom. The molecule has 0 amide bonds. The normalized spacial score (nSPS) is 12.5. The molecule has 1 atom stereocenters. The molecule has 0 aliphatic heterocycles. The molecule has 18 heavy (non-hydrogen) atoms. The topological polar surface area (TPSA) is 0 Å². The summed E-state index contributed by atoms with van der Waals surface area (Å²) in [5.74, 6) is -0.278. The molecule has 0 N–H and O–H groups in total. The van der Waals surface area contributed by atoms with Crippen molar-refractivity contribution < 1.29 is 4.39 Å². The summed E-state index contributed by atoms with van der Waals surface area (Å²) in [6, 6.07) is 9.99. The van der Waals surface area contributed by atoms with Crippen LogP contribution in [0.1, 0.15) is 16.0 Å². The van der Waals surface area contributed by atoms with Gasteiger partial charge in [0.2, 0.25) is 0 Å². The van der Waals surface area contributed by atoms with Gasteiger partial charge >= 0.3 is 0 Å². The molecule has 0 saturated carbocycles. The van der Waals surface area contributed by atoms with Gasteiger partial charge in [-0.3, -0.25) is 0 Å². The molecule has 0 nitrogen and oxygen atoms in total. The van der Waals surface area contributed by atoms with Crippen LogP contribution in [0.25, 0.3) is 0 Å². The second-order valence-corrected chi connectivity index (χ2v) is 6.29. The number of halogens is 5. The summed E-state index contributed by atoms with van der Waals surface area (Å²) < 4.78 is 13.8. The van der Waals surface area contributed by atoms with Crippen molar-refractivity contribution >= 4 is 55.1 Å². The molecule has 0 aromatic heterocycles. The number of hydrogen-bond donors (Lipinski definition) is 0. The molecule has 1 unspecified atom stereocenters. The van der Waals surface area contributed by atoms with Crippen LogP contribution in [0.5, 0.6) is 0 Å². The van der Waals surface area contributed by atoms with Gasteiger partial charge in [0.05, 0.1) is 14.9 Å². The minimum absolute atomic E-state index is 0.0813. The van der Waals surface area contributed by atoms with Gasteiger partial charge in [0.15, 0.2) is 0 Å². The van der Waals surface area contributed by atoms with Crippen LogP contribution in [0, 0.1) is 5.82 Å². The second-order valence-electron chi connectivity index (χ2n) is 3.70. The number of rotatable bonds is 2. The highest BCUT2D eigenvalue weighted by atomic mass is 79.9. The van der Waals surface area contributed by atoms with Crippen molar-refractivity contribution in [1.82, 2.24) is 0 Å².